The lowest BCUT2D eigenvalue weighted by molar-refractivity contribution is 0.184. The Balaban J connectivity index is 2.20. The summed E-state index contributed by atoms with van der Waals surface area (Å²) >= 11 is 6.13. The first-order chi connectivity index (χ1) is 9.74. The second-order valence-electron chi connectivity index (χ2n) is 4.54. The van der Waals surface area contributed by atoms with Gasteiger partial charge in [-0.1, -0.05) is 48.0 Å². The summed E-state index contributed by atoms with van der Waals surface area (Å²) < 4.78 is 5.13. The van der Waals surface area contributed by atoms with Gasteiger partial charge in [-0.3, -0.25) is 0 Å². The number of aliphatic hydroxyl groups excluding tert-OH is 1. The molecule has 20 heavy (non-hydrogen) atoms. The zero-order chi connectivity index (χ0) is 14.4. The van der Waals surface area contributed by atoms with E-state index in [0.717, 1.165) is 16.8 Å². The third-order valence-electron chi connectivity index (χ3n) is 3.05. The molecule has 0 aliphatic rings. The van der Waals surface area contributed by atoms with Crippen LogP contribution in [0.2, 0.25) is 5.02 Å². The molecule has 0 spiro atoms. The van der Waals surface area contributed by atoms with Gasteiger partial charge in [-0.2, -0.15) is 0 Å². The Kier molecular flexibility index (Phi) is 5.41. The number of nitrogens with one attached hydrogen (secondary N) is 1. The number of hydrogen-bond acceptors (Lipinski definition) is 3. The monoisotopic (exact) mass is 291 g/mol. The summed E-state index contributed by atoms with van der Waals surface area (Å²) in [5, 5.41) is 13.5. The van der Waals surface area contributed by atoms with Crippen molar-refractivity contribution in [3.05, 3.63) is 64.7 Å². The van der Waals surface area contributed by atoms with Crippen LogP contribution in [0.3, 0.4) is 0 Å². The predicted octanol–water partition coefficient (Wildman–Crippen LogP) is 3.63. The number of anilines is 1. The lowest BCUT2D eigenvalue weighted by Gasteiger charge is -2.19. The van der Waals surface area contributed by atoms with Crippen LogP contribution in [0.5, 0.6) is 0 Å². The molecule has 2 aromatic carbocycles. The molecule has 1 atom stereocenters. The number of hydrogen-bond donors (Lipinski definition) is 2. The minimum Gasteiger partial charge on any atom is -0.394 e. The Morgan fingerprint density at radius 3 is 2.70 bits per heavy atom. The van der Waals surface area contributed by atoms with Crippen LogP contribution in [0.25, 0.3) is 0 Å². The topological polar surface area (TPSA) is 41.5 Å². The summed E-state index contributed by atoms with van der Waals surface area (Å²) in [5.41, 5.74) is 2.89. The molecule has 0 radical (unpaired) electrons. The molecule has 0 heterocycles. The molecule has 0 bridgehead atoms. The van der Waals surface area contributed by atoms with Crippen LogP contribution in [0, 0.1) is 0 Å². The largest absolute Gasteiger partial charge is 0.394 e. The second-order valence-corrected chi connectivity index (χ2v) is 4.94. The summed E-state index contributed by atoms with van der Waals surface area (Å²) in [6.07, 6.45) is 0. The fraction of sp³-hybridized carbons (Fsp3) is 0.250. The van der Waals surface area contributed by atoms with E-state index in [4.69, 9.17) is 16.3 Å². The van der Waals surface area contributed by atoms with Gasteiger partial charge in [0.2, 0.25) is 0 Å². The van der Waals surface area contributed by atoms with Crippen molar-refractivity contribution in [2.75, 3.05) is 19.0 Å². The minimum atomic E-state index is -0.202. The van der Waals surface area contributed by atoms with E-state index in [1.54, 1.807) is 7.11 Å². The standard InChI is InChI=1S/C16H18ClNO2/c1-20-11-12-5-4-6-13(9-12)16(10-19)18-15-8-3-2-7-14(15)17/h2-9,16,18-19H,10-11H2,1H3. The van der Waals surface area contributed by atoms with Gasteiger partial charge < -0.3 is 15.2 Å². The summed E-state index contributed by atoms with van der Waals surface area (Å²) in [4.78, 5) is 0. The Bertz CT molecular complexity index is 560. The summed E-state index contributed by atoms with van der Waals surface area (Å²) in [7, 11) is 1.66. The fourth-order valence-electron chi connectivity index (χ4n) is 2.07. The van der Waals surface area contributed by atoms with Crippen molar-refractivity contribution in [2.24, 2.45) is 0 Å². The fourth-order valence-corrected chi connectivity index (χ4v) is 2.26. The van der Waals surface area contributed by atoms with Crippen molar-refractivity contribution in [3.8, 4) is 0 Å². The first-order valence-electron chi connectivity index (χ1n) is 6.44. The molecule has 0 amide bonds. The highest BCUT2D eigenvalue weighted by Crippen LogP contribution is 2.26. The quantitative estimate of drug-likeness (QED) is 0.854. The van der Waals surface area contributed by atoms with E-state index in [0.29, 0.717) is 11.6 Å². The number of ether oxygens (including phenoxy) is 1. The van der Waals surface area contributed by atoms with Gasteiger partial charge in [0.15, 0.2) is 0 Å². The maximum atomic E-state index is 9.62. The van der Waals surface area contributed by atoms with E-state index in [1.807, 2.05) is 48.5 Å². The maximum Gasteiger partial charge on any atom is 0.0745 e. The van der Waals surface area contributed by atoms with Crippen molar-refractivity contribution in [2.45, 2.75) is 12.6 Å². The van der Waals surface area contributed by atoms with Gasteiger partial charge in [-0.15, -0.1) is 0 Å². The van der Waals surface area contributed by atoms with E-state index < -0.39 is 0 Å². The average molecular weight is 292 g/mol. The van der Waals surface area contributed by atoms with Crippen LogP contribution in [0.1, 0.15) is 17.2 Å². The van der Waals surface area contributed by atoms with Crippen LogP contribution in [0.4, 0.5) is 5.69 Å². The molecule has 1 unspecified atom stereocenters. The highest BCUT2D eigenvalue weighted by atomic mass is 35.5. The van der Waals surface area contributed by atoms with Crippen molar-refractivity contribution in [1.29, 1.82) is 0 Å². The third kappa shape index (κ3) is 3.73. The van der Waals surface area contributed by atoms with Gasteiger partial charge in [0.1, 0.15) is 0 Å². The molecule has 0 saturated heterocycles. The van der Waals surface area contributed by atoms with Crippen LogP contribution < -0.4 is 5.32 Å². The SMILES string of the molecule is COCc1cccc(C(CO)Nc2ccccc2Cl)c1. The zero-order valence-corrected chi connectivity index (χ0v) is 12.1. The normalized spacial score (nSPS) is 12.2. The Labute approximate surface area is 124 Å². The van der Waals surface area contributed by atoms with Crippen LogP contribution in [0.15, 0.2) is 48.5 Å². The average Bonchev–Trinajstić information content (AvgIpc) is 2.47. The molecule has 0 fully saturated rings. The van der Waals surface area contributed by atoms with Crippen LogP contribution in [-0.2, 0) is 11.3 Å². The summed E-state index contributed by atoms with van der Waals surface area (Å²) in [6.45, 7) is 0.541. The minimum absolute atomic E-state index is 0.0122. The van der Waals surface area contributed by atoms with Crippen LogP contribution in [-0.4, -0.2) is 18.8 Å². The molecular formula is C16H18ClNO2. The number of para-hydroxylation sites is 1. The van der Waals surface area contributed by atoms with Crippen molar-refractivity contribution < 1.29 is 9.84 Å². The Morgan fingerprint density at radius 1 is 1.20 bits per heavy atom. The van der Waals surface area contributed by atoms with E-state index in [9.17, 15) is 5.11 Å². The molecule has 2 N–H and O–H groups in total. The molecule has 0 aliphatic carbocycles. The third-order valence-corrected chi connectivity index (χ3v) is 3.38. The highest BCUT2D eigenvalue weighted by Gasteiger charge is 2.12. The number of rotatable bonds is 6. The molecule has 0 aliphatic heterocycles. The van der Waals surface area contributed by atoms with Gasteiger partial charge in [0, 0.05) is 7.11 Å². The Hall–Kier alpha value is -1.55. The molecule has 0 saturated carbocycles. The maximum absolute atomic E-state index is 9.62. The lowest BCUT2D eigenvalue weighted by atomic mass is 10.0. The van der Waals surface area contributed by atoms with Gasteiger partial charge >= 0.3 is 0 Å². The van der Waals surface area contributed by atoms with E-state index in [-0.39, 0.29) is 12.6 Å². The van der Waals surface area contributed by atoms with Crippen LogP contribution >= 0.6 is 11.6 Å². The van der Waals surface area contributed by atoms with Crippen molar-refractivity contribution in [1.82, 2.24) is 0 Å². The zero-order valence-electron chi connectivity index (χ0n) is 11.3. The highest BCUT2D eigenvalue weighted by molar-refractivity contribution is 6.33. The second kappa shape index (κ2) is 7.29. The Morgan fingerprint density at radius 2 is 2.00 bits per heavy atom. The number of aliphatic hydroxyl groups is 1. The smallest absolute Gasteiger partial charge is 0.0745 e. The molecule has 4 heteroatoms. The molecule has 106 valence electrons. The van der Waals surface area contributed by atoms with Crippen molar-refractivity contribution in [3.63, 3.8) is 0 Å². The molecular weight excluding hydrogens is 274 g/mol. The number of methoxy groups -OCH3 is 1. The van der Waals surface area contributed by atoms with E-state index >= 15 is 0 Å². The predicted molar refractivity (Wildman–Crippen MR) is 82.1 cm³/mol. The number of benzene rings is 2. The lowest BCUT2D eigenvalue weighted by Crippen LogP contribution is -2.15. The van der Waals surface area contributed by atoms with Crippen molar-refractivity contribution >= 4 is 17.3 Å². The van der Waals surface area contributed by atoms with E-state index in [1.165, 1.54) is 0 Å². The van der Waals surface area contributed by atoms with Gasteiger partial charge in [-0.25, -0.2) is 0 Å². The van der Waals surface area contributed by atoms with Gasteiger partial charge in [0.05, 0.1) is 30.0 Å². The van der Waals surface area contributed by atoms with Gasteiger partial charge in [-0.05, 0) is 23.3 Å². The van der Waals surface area contributed by atoms with E-state index in [2.05, 4.69) is 5.32 Å². The molecule has 3 nitrogen and oxygen atoms in total. The molecule has 0 aromatic heterocycles. The number of halogens is 1. The molecule has 2 aromatic rings. The molecule has 2 rings (SSSR count). The first kappa shape index (κ1) is 14.9. The summed E-state index contributed by atoms with van der Waals surface area (Å²) in [6, 6.07) is 15.2. The summed E-state index contributed by atoms with van der Waals surface area (Å²) in [5.74, 6) is 0. The van der Waals surface area contributed by atoms with Gasteiger partial charge in [0.25, 0.3) is 0 Å². The first-order valence-corrected chi connectivity index (χ1v) is 6.82.